The van der Waals surface area contributed by atoms with Crippen LogP contribution in [0.15, 0.2) is 65.7 Å². The molecule has 3 aromatic rings. The van der Waals surface area contributed by atoms with Crippen LogP contribution in [-0.2, 0) is 6.61 Å². The number of hydrogen-bond donors (Lipinski definition) is 0. The van der Waals surface area contributed by atoms with E-state index in [9.17, 15) is 4.39 Å². The molecule has 2 nitrogen and oxygen atoms in total. The molecule has 0 N–H and O–H groups in total. The van der Waals surface area contributed by atoms with Crippen molar-refractivity contribution in [3.8, 4) is 5.75 Å². The van der Waals surface area contributed by atoms with Crippen LogP contribution in [0.2, 0.25) is 15.1 Å². The molecule has 0 heterocycles. The Hall–Kier alpha value is -2.07. The Morgan fingerprint density at radius 2 is 1.65 bits per heavy atom. The molecule has 0 radical (unpaired) electrons. The van der Waals surface area contributed by atoms with Gasteiger partial charge in [-0.3, -0.25) is 4.99 Å². The molecule has 0 spiro atoms. The summed E-state index contributed by atoms with van der Waals surface area (Å²) in [7, 11) is 0. The van der Waals surface area contributed by atoms with E-state index in [1.54, 1.807) is 18.3 Å². The summed E-state index contributed by atoms with van der Waals surface area (Å²) in [4.78, 5) is 4.27. The topological polar surface area (TPSA) is 21.6 Å². The van der Waals surface area contributed by atoms with Gasteiger partial charge in [0.25, 0.3) is 0 Å². The number of ether oxygens (including phenoxy) is 1. The summed E-state index contributed by atoms with van der Waals surface area (Å²) >= 11 is 18.0. The maximum absolute atomic E-state index is 13.0. The predicted octanol–water partition coefficient (Wildman–Crippen LogP) is 7.12. The minimum absolute atomic E-state index is 0.265. The Labute approximate surface area is 165 Å². The van der Waals surface area contributed by atoms with Crippen molar-refractivity contribution in [2.45, 2.75) is 6.61 Å². The maximum Gasteiger partial charge on any atom is 0.124 e. The lowest BCUT2D eigenvalue weighted by Gasteiger charge is -2.08. The van der Waals surface area contributed by atoms with Gasteiger partial charge in [0.05, 0.1) is 10.7 Å². The molecular weight excluding hydrogens is 396 g/mol. The molecule has 0 aliphatic rings. The van der Waals surface area contributed by atoms with Crippen LogP contribution < -0.4 is 4.74 Å². The van der Waals surface area contributed by atoms with Crippen molar-refractivity contribution in [1.29, 1.82) is 0 Å². The highest BCUT2D eigenvalue weighted by Crippen LogP contribution is 2.26. The van der Waals surface area contributed by atoms with Gasteiger partial charge in [0, 0.05) is 21.8 Å². The molecule has 0 saturated carbocycles. The Morgan fingerprint density at radius 3 is 2.35 bits per heavy atom. The maximum atomic E-state index is 13.0. The zero-order valence-corrected chi connectivity index (χ0v) is 15.7. The molecular formula is C20H13Cl3FNO. The van der Waals surface area contributed by atoms with Gasteiger partial charge in [-0.15, -0.1) is 0 Å². The van der Waals surface area contributed by atoms with Gasteiger partial charge in [0.2, 0.25) is 0 Å². The van der Waals surface area contributed by atoms with Crippen LogP contribution in [0.4, 0.5) is 10.1 Å². The average molecular weight is 409 g/mol. The second kappa shape index (κ2) is 8.54. The summed E-state index contributed by atoms with van der Waals surface area (Å²) in [5.41, 5.74) is 2.22. The number of benzene rings is 3. The third kappa shape index (κ3) is 4.98. The number of halogens is 4. The molecule has 132 valence electrons. The van der Waals surface area contributed by atoms with Crippen LogP contribution >= 0.6 is 34.8 Å². The van der Waals surface area contributed by atoms with Crippen LogP contribution in [0.25, 0.3) is 0 Å². The van der Waals surface area contributed by atoms with Gasteiger partial charge >= 0.3 is 0 Å². The third-order valence-corrected chi connectivity index (χ3v) is 4.44. The molecule has 6 heteroatoms. The first-order valence-corrected chi connectivity index (χ1v) is 8.80. The van der Waals surface area contributed by atoms with E-state index >= 15 is 0 Å². The lowest BCUT2D eigenvalue weighted by molar-refractivity contribution is 0.306. The van der Waals surface area contributed by atoms with E-state index < -0.39 is 5.82 Å². The summed E-state index contributed by atoms with van der Waals surface area (Å²) in [5, 5.41) is 1.42. The predicted molar refractivity (Wildman–Crippen MR) is 106 cm³/mol. The SMILES string of the molecule is Fc1ccc(/N=C/c2ccc(OCc3ccc(Cl)cc3Cl)cc2)c(Cl)c1. The summed E-state index contributed by atoms with van der Waals surface area (Å²) in [6.45, 7) is 0.342. The molecule has 3 rings (SSSR count). The molecule has 0 aliphatic carbocycles. The fourth-order valence-electron chi connectivity index (χ4n) is 2.18. The van der Waals surface area contributed by atoms with E-state index in [0.29, 0.717) is 28.1 Å². The van der Waals surface area contributed by atoms with Crippen molar-refractivity contribution in [2.24, 2.45) is 4.99 Å². The highest BCUT2D eigenvalue weighted by molar-refractivity contribution is 6.35. The summed E-state index contributed by atoms with van der Waals surface area (Å²) < 4.78 is 18.8. The largest absolute Gasteiger partial charge is 0.489 e. The van der Waals surface area contributed by atoms with E-state index in [1.807, 2.05) is 30.3 Å². The van der Waals surface area contributed by atoms with Crippen LogP contribution in [0.3, 0.4) is 0 Å². The van der Waals surface area contributed by atoms with Crippen molar-refractivity contribution in [2.75, 3.05) is 0 Å². The van der Waals surface area contributed by atoms with Gasteiger partial charge in [-0.1, -0.05) is 40.9 Å². The zero-order chi connectivity index (χ0) is 18.5. The van der Waals surface area contributed by atoms with Gasteiger partial charge < -0.3 is 4.74 Å². The van der Waals surface area contributed by atoms with E-state index in [1.165, 1.54) is 18.2 Å². The average Bonchev–Trinajstić information content (AvgIpc) is 2.61. The highest BCUT2D eigenvalue weighted by atomic mass is 35.5. The van der Waals surface area contributed by atoms with E-state index in [-0.39, 0.29) is 5.02 Å². The standard InChI is InChI=1S/C20H13Cl3FNO/c21-15-4-3-14(18(22)9-15)12-26-17-6-1-13(2-7-17)11-25-20-8-5-16(24)10-19(20)23/h1-11H,12H2/b25-11+. The quantitative estimate of drug-likeness (QED) is 0.412. The number of nitrogens with zero attached hydrogens (tertiary/aromatic N) is 1. The first-order chi connectivity index (χ1) is 12.5. The second-order valence-corrected chi connectivity index (χ2v) is 6.70. The Kier molecular flexibility index (Phi) is 6.15. The molecule has 0 bridgehead atoms. The fraction of sp³-hybridized carbons (Fsp3) is 0.0500. The van der Waals surface area contributed by atoms with Crippen molar-refractivity contribution in [1.82, 2.24) is 0 Å². The molecule has 0 amide bonds. The molecule has 0 atom stereocenters. The Bertz CT molecular complexity index is 942. The molecule has 26 heavy (non-hydrogen) atoms. The van der Waals surface area contributed by atoms with Gasteiger partial charge in [-0.2, -0.15) is 0 Å². The molecule has 0 aromatic heterocycles. The minimum atomic E-state index is -0.392. The lowest BCUT2D eigenvalue weighted by Crippen LogP contribution is -1.96. The summed E-state index contributed by atoms with van der Waals surface area (Å²) in [5.74, 6) is 0.309. The highest BCUT2D eigenvalue weighted by Gasteiger charge is 2.03. The molecule has 0 unspecified atom stereocenters. The smallest absolute Gasteiger partial charge is 0.124 e. The van der Waals surface area contributed by atoms with Crippen molar-refractivity contribution in [3.05, 3.63) is 92.7 Å². The monoisotopic (exact) mass is 407 g/mol. The number of rotatable bonds is 5. The van der Waals surface area contributed by atoms with Gasteiger partial charge in [0.15, 0.2) is 0 Å². The summed E-state index contributed by atoms with van der Waals surface area (Å²) in [6.07, 6.45) is 1.65. The third-order valence-electron chi connectivity index (χ3n) is 3.55. The van der Waals surface area contributed by atoms with Crippen LogP contribution in [0.5, 0.6) is 5.75 Å². The molecule has 3 aromatic carbocycles. The number of hydrogen-bond acceptors (Lipinski definition) is 2. The van der Waals surface area contributed by atoms with Gasteiger partial charge in [-0.25, -0.2) is 4.39 Å². The normalized spacial score (nSPS) is 11.1. The van der Waals surface area contributed by atoms with E-state index in [2.05, 4.69) is 4.99 Å². The van der Waals surface area contributed by atoms with Crippen molar-refractivity contribution < 1.29 is 9.13 Å². The van der Waals surface area contributed by atoms with Gasteiger partial charge in [0.1, 0.15) is 18.2 Å². The number of aliphatic imine (C=N–C) groups is 1. The second-order valence-electron chi connectivity index (χ2n) is 5.45. The zero-order valence-electron chi connectivity index (χ0n) is 13.4. The van der Waals surface area contributed by atoms with Crippen LogP contribution in [-0.4, -0.2) is 6.21 Å². The molecule has 0 saturated heterocycles. The fourth-order valence-corrected chi connectivity index (χ4v) is 2.86. The minimum Gasteiger partial charge on any atom is -0.489 e. The van der Waals surface area contributed by atoms with Crippen LogP contribution in [0.1, 0.15) is 11.1 Å². The van der Waals surface area contributed by atoms with Crippen molar-refractivity contribution in [3.63, 3.8) is 0 Å². The Morgan fingerprint density at radius 1 is 0.885 bits per heavy atom. The van der Waals surface area contributed by atoms with Crippen LogP contribution in [0, 0.1) is 5.82 Å². The van der Waals surface area contributed by atoms with E-state index in [0.717, 1.165) is 11.1 Å². The summed E-state index contributed by atoms with van der Waals surface area (Å²) in [6, 6.07) is 16.7. The van der Waals surface area contributed by atoms with E-state index in [4.69, 9.17) is 39.5 Å². The Balaban J connectivity index is 1.63. The lowest BCUT2D eigenvalue weighted by atomic mass is 10.2. The van der Waals surface area contributed by atoms with Crippen molar-refractivity contribution >= 4 is 46.7 Å². The van der Waals surface area contributed by atoms with Gasteiger partial charge in [-0.05, 0) is 60.2 Å². The molecule has 0 aliphatic heterocycles. The molecule has 0 fully saturated rings. The first kappa shape index (κ1) is 18.7. The first-order valence-electron chi connectivity index (χ1n) is 7.67.